The van der Waals surface area contributed by atoms with E-state index in [-0.39, 0.29) is 0 Å². The molecule has 15 heavy (non-hydrogen) atoms. The Hall–Kier alpha value is -1.78. The predicted molar refractivity (Wildman–Crippen MR) is 58.4 cm³/mol. The van der Waals surface area contributed by atoms with Crippen molar-refractivity contribution >= 4 is 5.82 Å². The first-order valence-corrected chi connectivity index (χ1v) is 5.00. The summed E-state index contributed by atoms with van der Waals surface area (Å²) in [5.41, 5.74) is 7.86. The third-order valence-corrected chi connectivity index (χ3v) is 2.28. The molecule has 0 aliphatic rings. The topological polar surface area (TPSA) is 61.7 Å². The SMILES string of the molecule is CCn1cc(Cn2nc(C)cc2N)cn1. The maximum Gasteiger partial charge on any atom is 0.122 e. The molecule has 2 rings (SSSR count). The van der Waals surface area contributed by atoms with Gasteiger partial charge in [-0.15, -0.1) is 0 Å². The van der Waals surface area contributed by atoms with Crippen molar-refractivity contribution in [1.29, 1.82) is 0 Å². The van der Waals surface area contributed by atoms with Crippen LogP contribution in [0.25, 0.3) is 0 Å². The number of nitrogens with two attached hydrogens (primary N) is 1. The predicted octanol–water partition coefficient (Wildman–Crippen LogP) is 1.04. The van der Waals surface area contributed by atoms with Gasteiger partial charge in [-0.05, 0) is 13.8 Å². The summed E-state index contributed by atoms with van der Waals surface area (Å²) in [7, 11) is 0. The molecule has 0 aliphatic heterocycles. The summed E-state index contributed by atoms with van der Waals surface area (Å²) in [5, 5.41) is 8.50. The second kappa shape index (κ2) is 3.76. The third-order valence-electron chi connectivity index (χ3n) is 2.28. The van der Waals surface area contributed by atoms with Crippen LogP contribution in [0.3, 0.4) is 0 Å². The highest BCUT2D eigenvalue weighted by atomic mass is 15.3. The van der Waals surface area contributed by atoms with Crippen LogP contribution in [0.2, 0.25) is 0 Å². The molecule has 2 N–H and O–H groups in total. The summed E-state index contributed by atoms with van der Waals surface area (Å²) in [4.78, 5) is 0. The molecule has 0 saturated heterocycles. The van der Waals surface area contributed by atoms with Crippen molar-refractivity contribution < 1.29 is 0 Å². The zero-order chi connectivity index (χ0) is 10.8. The van der Waals surface area contributed by atoms with Gasteiger partial charge in [-0.2, -0.15) is 10.2 Å². The van der Waals surface area contributed by atoms with E-state index in [1.807, 2.05) is 30.1 Å². The van der Waals surface area contributed by atoms with E-state index in [1.165, 1.54) is 0 Å². The van der Waals surface area contributed by atoms with Crippen molar-refractivity contribution in [2.24, 2.45) is 0 Å². The number of nitrogen functional groups attached to an aromatic ring is 1. The van der Waals surface area contributed by atoms with E-state index in [0.717, 1.165) is 17.8 Å². The molecule has 5 heteroatoms. The molecule has 5 nitrogen and oxygen atoms in total. The van der Waals surface area contributed by atoms with Crippen molar-refractivity contribution in [3.8, 4) is 0 Å². The van der Waals surface area contributed by atoms with Gasteiger partial charge in [0.25, 0.3) is 0 Å². The first-order valence-electron chi connectivity index (χ1n) is 5.00. The maximum absolute atomic E-state index is 5.80. The molecule has 0 spiro atoms. The Balaban J connectivity index is 2.17. The van der Waals surface area contributed by atoms with Gasteiger partial charge >= 0.3 is 0 Å². The lowest BCUT2D eigenvalue weighted by atomic mass is 10.3. The lowest BCUT2D eigenvalue weighted by Crippen LogP contribution is -2.05. The van der Waals surface area contributed by atoms with E-state index in [1.54, 1.807) is 4.68 Å². The van der Waals surface area contributed by atoms with Crippen LogP contribution in [0, 0.1) is 6.92 Å². The number of anilines is 1. The Labute approximate surface area is 88.5 Å². The van der Waals surface area contributed by atoms with Crippen LogP contribution in [-0.2, 0) is 13.1 Å². The van der Waals surface area contributed by atoms with E-state index in [0.29, 0.717) is 12.4 Å². The number of hydrogen-bond acceptors (Lipinski definition) is 3. The minimum absolute atomic E-state index is 0.680. The normalized spacial score (nSPS) is 10.8. The van der Waals surface area contributed by atoms with Crippen molar-refractivity contribution in [2.45, 2.75) is 26.9 Å². The zero-order valence-corrected chi connectivity index (χ0v) is 9.01. The van der Waals surface area contributed by atoms with Crippen LogP contribution in [0.5, 0.6) is 0 Å². The van der Waals surface area contributed by atoms with Crippen LogP contribution in [-0.4, -0.2) is 19.6 Å². The van der Waals surface area contributed by atoms with Gasteiger partial charge in [0, 0.05) is 24.4 Å². The number of aromatic nitrogens is 4. The highest BCUT2D eigenvalue weighted by molar-refractivity contribution is 5.31. The number of hydrogen-bond donors (Lipinski definition) is 1. The average Bonchev–Trinajstić information content (AvgIpc) is 2.75. The smallest absolute Gasteiger partial charge is 0.122 e. The molecule has 0 bridgehead atoms. The maximum atomic E-state index is 5.80. The molecule has 2 aromatic rings. The Kier molecular flexibility index (Phi) is 2.45. The van der Waals surface area contributed by atoms with Crippen molar-refractivity contribution in [2.75, 3.05) is 5.73 Å². The standard InChI is InChI=1S/C10H15N5/c1-3-14-6-9(5-12-14)7-15-10(11)4-8(2)13-15/h4-6H,3,7,11H2,1-2H3. The summed E-state index contributed by atoms with van der Waals surface area (Å²) < 4.78 is 3.67. The molecule has 0 amide bonds. The molecule has 0 atom stereocenters. The third kappa shape index (κ3) is 2.01. The fourth-order valence-electron chi connectivity index (χ4n) is 1.53. The summed E-state index contributed by atoms with van der Waals surface area (Å²) in [6, 6.07) is 1.87. The summed E-state index contributed by atoms with van der Waals surface area (Å²) in [6.45, 7) is 5.55. The minimum Gasteiger partial charge on any atom is -0.384 e. The summed E-state index contributed by atoms with van der Waals surface area (Å²) in [5.74, 6) is 0.691. The number of rotatable bonds is 3. The van der Waals surface area contributed by atoms with Gasteiger partial charge in [0.15, 0.2) is 0 Å². The zero-order valence-electron chi connectivity index (χ0n) is 9.01. The number of nitrogens with zero attached hydrogens (tertiary/aromatic N) is 4. The first kappa shape index (κ1) is 9.76. The molecular weight excluding hydrogens is 190 g/mol. The van der Waals surface area contributed by atoms with Gasteiger partial charge in [0.05, 0.1) is 18.4 Å². The minimum atomic E-state index is 0.680. The van der Waals surface area contributed by atoms with E-state index in [4.69, 9.17) is 5.73 Å². The lowest BCUT2D eigenvalue weighted by molar-refractivity contribution is 0.655. The van der Waals surface area contributed by atoms with E-state index < -0.39 is 0 Å². The Morgan fingerprint density at radius 3 is 2.80 bits per heavy atom. The highest BCUT2D eigenvalue weighted by Gasteiger charge is 2.04. The van der Waals surface area contributed by atoms with E-state index in [9.17, 15) is 0 Å². The number of aryl methyl sites for hydroxylation is 2. The van der Waals surface area contributed by atoms with Gasteiger partial charge in [0.1, 0.15) is 5.82 Å². The first-order chi connectivity index (χ1) is 7.19. The molecular formula is C10H15N5. The highest BCUT2D eigenvalue weighted by Crippen LogP contribution is 2.08. The fourth-order valence-corrected chi connectivity index (χ4v) is 1.53. The lowest BCUT2D eigenvalue weighted by Gasteiger charge is -2.00. The van der Waals surface area contributed by atoms with Crippen LogP contribution in [0.1, 0.15) is 18.2 Å². The van der Waals surface area contributed by atoms with E-state index in [2.05, 4.69) is 17.1 Å². The quantitative estimate of drug-likeness (QED) is 0.814. The molecule has 2 aromatic heterocycles. The molecule has 0 aliphatic carbocycles. The van der Waals surface area contributed by atoms with Gasteiger partial charge in [0.2, 0.25) is 0 Å². The molecule has 0 aromatic carbocycles. The van der Waals surface area contributed by atoms with E-state index >= 15 is 0 Å². The van der Waals surface area contributed by atoms with Crippen molar-refractivity contribution in [3.63, 3.8) is 0 Å². The van der Waals surface area contributed by atoms with Crippen LogP contribution >= 0.6 is 0 Å². The molecule has 0 unspecified atom stereocenters. The van der Waals surface area contributed by atoms with Crippen LogP contribution in [0.15, 0.2) is 18.5 Å². The van der Waals surface area contributed by atoms with Gasteiger partial charge < -0.3 is 5.73 Å². The average molecular weight is 205 g/mol. The molecule has 2 heterocycles. The van der Waals surface area contributed by atoms with Gasteiger partial charge in [-0.1, -0.05) is 0 Å². The molecule has 80 valence electrons. The fraction of sp³-hybridized carbons (Fsp3) is 0.400. The molecule has 0 fully saturated rings. The van der Waals surface area contributed by atoms with Crippen molar-refractivity contribution in [3.05, 3.63) is 29.7 Å². The molecule has 0 radical (unpaired) electrons. The Bertz CT molecular complexity index is 454. The molecule has 0 saturated carbocycles. The largest absolute Gasteiger partial charge is 0.384 e. The second-order valence-corrected chi connectivity index (χ2v) is 3.57. The Morgan fingerprint density at radius 1 is 1.47 bits per heavy atom. The van der Waals surface area contributed by atoms with Gasteiger partial charge in [-0.3, -0.25) is 4.68 Å². The Morgan fingerprint density at radius 2 is 2.27 bits per heavy atom. The second-order valence-electron chi connectivity index (χ2n) is 3.57. The summed E-state index contributed by atoms with van der Waals surface area (Å²) in [6.07, 6.45) is 3.86. The van der Waals surface area contributed by atoms with Crippen LogP contribution in [0.4, 0.5) is 5.82 Å². The van der Waals surface area contributed by atoms with Gasteiger partial charge in [-0.25, -0.2) is 4.68 Å². The van der Waals surface area contributed by atoms with Crippen molar-refractivity contribution in [1.82, 2.24) is 19.6 Å². The van der Waals surface area contributed by atoms with Crippen LogP contribution < -0.4 is 5.73 Å². The summed E-state index contributed by atoms with van der Waals surface area (Å²) >= 11 is 0. The monoisotopic (exact) mass is 205 g/mol.